The van der Waals surface area contributed by atoms with Crippen LogP contribution in [0.4, 0.5) is 11.4 Å². The number of nitro groups is 1. The molecule has 0 bridgehead atoms. The summed E-state index contributed by atoms with van der Waals surface area (Å²) in [6, 6.07) is 14.2. The standard InChI is InChI=1S/C18H17N4O2/c1-12-6-5-8-15-17(10-13(2)20-18(12)15)21(19)11-14-7-3-4-9-16(14)22(23)24/h3-11H,19H2,1-2H3/q+1/b21-11+. The second-order valence-corrected chi connectivity index (χ2v) is 5.61. The van der Waals surface area contributed by atoms with Crippen molar-refractivity contribution in [3.8, 4) is 0 Å². The van der Waals surface area contributed by atoms with Crippen LogP contribution in [-0.4, -0.2) is 20.8 Å². The SMILES string of the molecule is Cc1cc(/[N+](N)=C\c2ccccc2[N+](=O)[O-])c2cccc(C)c2n1. The molecule has 0 amide bonds. The average Bonchev–Trinajstić information content (AvgIpc) is 2.55. The van der Waals surface area contributed by atoms with E-state index >= 15 is 0 Å². The zero-order valence-electron chi connectivity index (χ0n) is 13.4. The van der Waals surface area contributed by atoms with Gasteiger partial charge in [-0.25, -0.2) is 5.84 Å². The van der Waals surface area contributed by atoms with Gasteiger partial charge in [0.1, 0.15) is 5.56 Å². The summed E-state index contributed by atoms with van der Waals surface area (Å²) >= 11 is 0. The van der Waals surface area contributed by atoms with Crippen molar-refractivity contribution in [2.24, 2.45) is 5.84 Å². The first kappa shape index (κ1) is 15.6. The number of nitrogens with two attached hydrogens (primary N) is 1. The molecule has 1 heterocycles. The molecule has 1 aromatic heterocycles. The number of nitrogens with zero attached hydrogens (tertiary/aromatic N) is 3. The zero-order valence-corrected chi connectivity index (χ0v) is 13.4. The van der Waals surface area contributed by atoms with Crippen LogP contribution in [0.3, 0.4) is 0 Å². The highest BCUT2D eigenvalue weighted by Gasteiger charge is 2.18. The number of nitro benzene ring substituents is 1. The maximum Gasteiger partial charge on any atom is 0.282 e. The van der Waals surface area contributed by atoms with Crippen molar-refractivity contribution < 1.29 is 9.61 Å². The molecule has 3 rings (SSSR count). The number of hydrogen-bond donors (Lipinski definition) is 1. The fraction of sp³-hybridized carbons (Fsp3) is 0.111. The molecule has 2 N–H and O–H groups in total. The smallest absolute Gasteiger partial charge is 0.258 e. The van der Waals surface area contributed by atoms with Gasteiger partial charge in [-0.05, 0) is 31.5 Å². The fourth-order valence-electron chi connectivity index (χ4n) is 2.69. The van der Waals surface area contributed by atoms with Gasteiger partial charge in [0.05, 0.1) is 15.8 Å². The molecule has 6 nitrogen and oxygen atoms in total. The highest BCUT2D eigenvalue weighted by molar-refractivity contribution is 5.91. The van der Waals surface area contributed by atoms with Gasteiger partial charge in [0.25, 0.3) is 5.69 Å². The number of hydrazine groups is 1. The number of rotatable bonds is 3. The first-order valence-electron chi connectivity index (χ1n) is 7.46. The van der Waals surface area contributed by atoms with Crippen LogP contribution in [0.2, 0.25) is 0 Å². The Bertz CT molecular complexity index is 980. The second kappa shape index (κ2) is 6.08. The lowest BCUT2D eigenvalue weighted by atomic mass is 10.1. The topological polar surface area (TPSA) is 85.1 Å². The van der Waals surface area contributed by atoms with Crippen molar-refractivity contribution in [3.05, 3.63) is 75.5 Å². The van der Waals surface area contributed by atoms with Crippen molar-refractivity contribution >= 4 is 28.5 Å². The van der Waals surface area contributed by atoms with E-state index in [1.165, 1.54) is 10.8 Å². The number of aromatic nitrogens is 1. The predicted molar refractivity (Wildman–Crippen MR) is 93.6 cm³/mol. The minimum atomic E-state index is -0.417. The lowest BCUT2D eigenvalue weighted by Crippen LogP contribution is -2.17. The highest BCUT2D eigenvalue weighted by atomic mass is 16.6. The summed E-state index contributed by atoms with van der Waals surface area (Å²) in [5.41, 5.74) is 3.97. The maximum atomic E-state index is 11.2. The summed E-state index contributed by atoms with van der Waals surface area (Å²) < 4.78 is 1.42. The largest absolute Gasteiger partial charge is 0.282 e. The molecule has 24 heavy (non-hydrogen) atoms. The molecule has 0 aliphatic carbocycles. The van der Waals surface area contributed by atoms with Gasteiger partial charge in [-0.15, -0.1) is 0 Å². The molecule has 0 atom stereocenters. The van der Waals surface area contributed by atoms with Crippen LogP contribution in [0.15, 0.2) is 48.5 Å². The number of para-hydroxylation sites is 2. The Hall–Kier alpha value is -3.28. The normalized spacial score (nSPS) is 11.7. The first-order valence-corrected chi connectivity index (χ1v) is 7.46. The molecular weight excluding hydrogens is 304 g/mol. The summed E-state index contributed by atoms with van der Waals surface area (Å²) in [5.74, 6) is 6.21. The molecule has 0 fully saturated rings. The van der Waals surface area contributed by atoms with E-state index in [4.69, 9.17) is 5.84 Å². The predicted octanol–water partition coefficient (Wildman–Crippen LogP) is 3.40. The van der Waals surface area contributed by atoms with E-state index in [1.54, 1.807) is 24.4 Å². The first-order chi connectivity index (χ1) is 11.5. The molecule has 0 aliphatic heterocycles. The molecule has 6 heteroatoms. The van der Waals surface area contributed by atoms with Crippen LogP contribution in [0.25, 0.3) is 10.9 Å². The summed E-state index contributed by atoms with van der Waals surface area (Å²) in [6.45, 7) is 3.89. The van der Waals surface area contributed by atoms with Gasteiger partial charge in [-0.2, -0.15) is 0 Å². The van der Waals surface area contributed by atoms with Gasteiger partial charge in [-0.1, -0.05) is 28.9 Å². The monoisotopic (exact) mass is 321 g/mol. The minimum Gasteiger partial charge on any atom is -0.258 e. The van der Waals surface area contributed by atoms with E-state index in [9.17, 15) is 10.1 Å². The van der Waals surface area contributed by atoms with Gasteiger partial charge in [0.15, 0.2) is 0 Å². The number of hydrazone groups is 1. The summed E-state index contributed by atoms with van der Waals surface area (Å²) in [7, 11) is 0. The number of pyridine rings is 1. The van der Waals surface area contributed by atoms with Gasteiger partial charge in [0, 0.05) is 17.8 Å². The average molecular weight is 321 g/mol. The molecule has 3 aromatic rings. The number of benzene rings is 2. The van der Waals surface area contributed by atoms with Crippen LogP contribution in [0, 0.1) is 24.0 Å². The summed E-state index contributed by atoms with van der Waals surface area (Å²) in [6.07, 6.45) is 1.56. The van der Waals surface area contributed by atoms with E-state index in [2.05, 4.69) is 4.98 Å². The number of hydrogen-bond acceptors (Lipinski definition) is 4. The van der Waals surface area contributed by atoms with Crippen LogP contribution in [-0.2, 0) is 0 Å². The van der Waals surface area contributed by atoms with Crippen LogP contribution >= 0.6 is 0 Å². The molecule has 2 aromatic carbocycles. The highest BCUT2D eigenvalue weighted by Crippen LogP contribution is 2.26. The second-order valence-electron chi connectivity index (χ2n) is 5.61. The Labute approximate surface area is 139 Å². The number of fused-ring (bicyclic) bond motifs is 1. The van der Waals surface area contributed by atoms with Crippen LogP contribution in [0.5, 0.6) is 0 Å². The van der Waals surface area contributed by atoms with Crippen molar-refractivity contribution in [2.75, 3.05) is 0 Å². The Balaban J connectivity index is 2.21. The molecule has 0 radical (unpaired) electrons. The maximum absolute atomic E-state index is 11.2. The Morgan fingerprint density at radius 1 is 1.08 bits per heavy atom. The molecule has 120 valence electrons. The molecule has 0 spiro atoms. The lowest BCUT2D eigenvalue weighted by Gasteiger charge is -2.05. The van der Waals surface area contributed by atoms with Crippen LogP contribution < -0.4 is 5.84 Å². The molecule has 0 unspecified atom stereocenters. The third-order valence-corrected chi connectivity index (χ3v) is 3.84. The van der Waals surface area contributed by atoms with Crippen molar-refractivity contribution in [1.82, 2.24) is 4.98 Å². The van der Waals surface area contributed by atoms with E-state index in [0.717, 1.165) is 27.8 Å². The van der Waals surface area contributed by atoms with Crippen molar-refractivity contribution in [1.29, 1.82) is 0 Å². The summed E-state index contributed by atoms with van der Waals surface area (Å²) in [5, 5.41) is 12.1. The molecule has 0 saturated heterocycles. The van der Waals surface area contributed by atoms with Gasteiger partial charge < -0.3 is 0 Å². The Morgan fingerprint density at radius 3 is 2.58 bits per heavy atom. The van der Waals surface area contributed by atoms with E-state index in [1.807, 2.05) is 38.1 Å². The third kappa shape index (κ3) is 2.81. The lowest BCUT2D eigenvalue weighted by molar-refractivity contribution is -0.445. The fourth-order valence-corrected chi connectivity index (χ4v) is 2.69. The third-order valence-electron chi connectivity index (χ3n) is 3.84. The van der Waals surface area contributed by atoms with Gasteiger partial charge in [-0.3, -0.25) is 15.1 Å². The minimum absolute atomic E-state index is 0.0132. The zero-order chi connectivity index (χ0) is 17.3. The van der Waals surface area contributed by atoms with Crippen molar-refractivity contribution in [2.45, 2.75) is 13.8 Å². The van der Waals surface area contributed by atoms with Gasteiger partial charge >= 0.3 is 0 Å². The Morgan fingerprint density at radius 2 is 1.83 bits per heavy atom. The quantitative estimate of drug-likeness (QED) is 0.263. The van der Waals surface area contributed by atoms with E-state index < -0.39 is 4.92 Å². The molecule has 0 saturated carbocycles. The van der Waals surface area contributed by atoms with Crippen molar-refractivity contribution in [3.63, 3.8) is 0 Å². The Kier molecular flexibility index (Phi) is 3.95. The van der Waals surface area contributed by atoms with E-state index in [-0.39, 0.29) is 5.69 Å². The summed E-state index contributed by atoms with van der Waals surface area (Å²) in [4.78, 5) is 15.3. The molecule has 0 aliphatic rings. The van der Waals surface area contributed by atoms with E-state index in [0.29, 0.717) is 5.56 Å². The van der Waals surface area contributed by atoms with Gasteiger partial charge in [0.2, 0.25) is 11.9 Å². The van der Waals surface area contributed by atoms with Crippen LogP contribution in [0.1, 0.15) is 16.8 Å². The molecular formula is C18H17N4O2+. The number of aryl methyl sites for hydroxylation is 2.